The van der Waals surface area contributed by atoms with Crippen molar-refractivity contribution in [2.45, 2.75) is 0 Å². The minimum atomic E-state index is -0.0825. The van der Waals surface area contributed by atoms with Gasteiger partial charge in [0.25, 0.3) is 5.91 Å². The number of aromatic nitrogens is 4. The van der Waals surface area contributed by atoms with Crippen molar-refractivity contribution in [1.29, 1.82) is 0 Å². The van der Waals surface area contributed by atoms with Crippen LogP contribution in [0.15, 0.2) is 59.5 Å². The Bertz CT molecular complexity index is 1160. The van der Waals surface area contributed by atoms with E-state index in [2.05, 4.69) is 20.2 Å². The number of carbonyl (C=O) groups is 1. The van der Waals surface area contributed by atoms with Crippen LogP contribution in [0.5, 0.6) is 5.75 Å². The fourth-order valence-electron chi connectivity index (χ4n) is 3.65. The van der Waals surface area contributed by atoms with E-state index >= 15 is 0 Å². The van der Waals surface area contributed by atoms with E-state index in [1.807, 2.05) is 35.2 Å². The van der Waals surface area contributed by atoms with Crippen LogP contribution in [0.2, 0.25) is 0 Å². The molecule has 30 heavy (non-hydrogen) atoms. The molecule has 1 fully saturated rings. The maximum atomic E-state index is 12.5. The van der Waals surface area contributed by atoms with Crippen LogP contribution >= 0.6 is 0 Å². The monoisotopic (exact) mass is 404 g/mol. The SMILES string of the molecule is COc1ccc(-c2cc(N3CCN(C(=O)c4ccco4)CC3)c3nncn3n2)cc1. The van der Waals surface area contributed by atoms with Crippen molar-refractivity contribution < 1.29 is 13.9 Å². The third-order valence-corrected chi connectivity index (χ3v) is 5.27. The Morgan fingerprint density at radius 1 is 1.10 bits per heavy atom. The number of hydrogen-bond acceptors (Lipinski definition) is 7. The lowest BCUT2D eigenvalue weighted by Gasteiger charge is -2.35. The number of nitrogens with zero attached hydrogens (tertiary/aromatic N) is 6. The average molecular weight is 404 g/mol. The normalized spacial score (nSPS) is 14.3. The summed E-state index contributed by atoms with van der Waals surface area (Å²) in [5, 5.41) is 12.9. The van der Waals surface area contributed by atoms with Gasteiger partial charge in [-0.15, -0.1) is 10.2 Å². The van der Waals surface area contributed by atoms with Crippen molar-refractivity contribution in [3.63, 3.8) is 0 Å². The largest absolute Gasteiger partial charge is 0.497 e. The van der Waals surface area contributed by atoms with E-state index in [0.717, 1.165) is 22.7 Å². The first-order valence-electron chi connectivity index (χ1n) is 9.66. The van der Waals surface area contributed by atoms with Gasteiger partial charge in [0.05, 0.1) is 24.8 Å². The van der Waals surface area contributed by atoms with Crippen molar-refractivity contribution in [1.82, 2.24) is 24.7 Å². The Morgan fingerprint density at radius 2 is 1.90 bits per heavy atom. The Balaban J connectivity index is 1.41. The molecule has 3 aromatic heterocycles. The standard InChI is InChI=1S/C21H20N6O3/c1-29-16-6-4-15(5-7-16)17-13-18(20-23-22-14-27(20)24-17)25-8-10-26(11-9-25)21(28)19-3-2-12-30-19/h2-7,12-14H,8-11H2,1H3. The highest BCUT2D eigenvalue weighted by Crippen LogP contribution is 2.28. The zero-order valence-electron chi connectivity index (χ0n) is 16.4. The van der Waals surface area contributed by atoms with Gasteiger partial charge in [-0.2, -0.15) is 9.61 Å². The van der Waals surface area contributed by atoms with E-state index in [0.29, 0.717) is 37.6 Å². The molecule has 1 aromatic carbocycles. The Morgan fingerprint density at radius 3 is 2.60 bits per heavy atom. The number of hydrogen-bond donors (Lipinski definition) is 0. The Kier molecular flexibility index (Phi) is 4.55. The number of furan rings is 1. The van der Waals surface area contributed by atoms with E-state index in [1.165, 1.54) is 6.26 Å². The summed E-state index contributed by atoms with van der Waals surface area (Å²) in [5.41, 5.74) is 3.42. The second-order valence-electron chi connectivity index (χ2n) is 7.00. The Hall–Kier alpha value is -3.88. The molecule has 9 nitrogen and oxygen atoms in total. The van der Waals surface area contributed by atoms with Gasteiger partial charge in [0, 0.05) is 31.7 Å². The molecule has 1 aliphatic heterocycles. The number of benzene rings is 1. The molecule has 1 saturated heterocycles. The van der Waals surface area contributed by atoms with Gasteiger partial charge in [-0.25, -0.2) is 0 Å². The van der Waals surface area contributed by atoms with Gasteiger partial charge < -0.3 is 19.0 Å². The average Bonchev–Trinajstić information content (AvgIpc) is 3.50. The topological polar surface area (TPSA) is 89.0 Å². The summed E-state index contributed by atoms with van der Waals surface area (Å²) in [4.78, 5) is 16.6. The van der Waals surface area contributed by atoms with E-state index in [1.54, 1.807) is 30.1 Å². The van der Waals surface area contributed by atoms with Crippen LogP contribution in [0.25, 0.3) is 16.9 Å². The van der Waals surface area contributed by atoms with Crippen LogP contribution in [0.4, 0.5) is 5.69 Å². The molecule has 0 radical (unpaired) electrons. The zero-order chi connectivity index (χ0) is 20.5. The van der Waals surface area contributed by atoms with Gasteiger partial charge in [0.2, 0.25) is 5.65 Å². The van der Waals surface area contributed by atoms with Gasteiger partial charge in [0.1, 0.15) is 12.1 Å². The number of piperazine rings is 1. The minimum absolute atomic E-state index is 0.0825. The van der Waals surface area contributed by atoms with Crippen LogP contribution < -0.4 is 9.64 Å². The summed E-state index contributed by atoms with van der Waals surface area (Å²) >= 11 is 0. The molecule has 0 saturated carbocycles. The molecular formula is C21H20N6O3. The quantitative estimate of drug-likeness (QED) is 0.516. The first-order chi connectivity index (χ1) is 14.7. The van der Waals surface area contributed by atoms with Crippen molar-refractivity contribution in [3.8, 4) is 17.0 Å². The van der Waals surface area contributed by atoms with Crippen LogP contribution in [0.3, 0.4) is 0 Å². The molecule has 0 bridgehead atoms. The molecule has 0 aliphatic carbocycles. The van der Waals surface area contributed by atoms with Crippen LogP contribution in [-0.4, -0.2) is 63.9 Å². The van der Waals surface area contributed by atoms with Gasteiger partial charge in [0.15, 0.2) is 5.76 Å². The number of methoxy groups -OCH3 is 1. The number of amides is 1. The predicted octanol–water partition coefficient (Wildman–Crippen LogP) is 2.36. The molecule has 0 unspecified atom stereocenters. The molecule has 0 spiro atoms. The zero-order valence-corrected chi connectivity index (χ0v) is 16.4. The third kappa shape index (κ3) is 3.24. The van der Waals surface area contributed by atoms with Gasteiger partial charge in [-0.1, -0.05) is 0 Å². The molecule has 4 aromatic rings. The molecular weight excluding hydrogens is 384 g/mol. The highest BCUT2D eigenvalue weighted by molar-refractivity contribution is 5.91. The fourth-order valence-corrected chi connectivity index (χ4v) is 3.65. The lowest BCUT2D eigenvalue weighted by Crippen LogP contribution is -2.48. The highest BCUT2D eigenvalue weighted by atomic mass is 16.5. The number of rotatable bonds is 4. The summed E-state index contributed by atoms with van der Waals surface area (Å²) in [5.74, 6) is 1.08. The van der Waals surface area contributed by atoms with Crippen molar-refractivity contribution in [2.24, 2.45) is 0 Å². The van der Waals surface area contributed by atoms with Gasteiger partial charge in [-0.3, -0.25) is 4.79 Å². The summed E-state index contributed by atoms with van der Waals surface area (Å²) < 4.78 is 12.2. The molecule has 5 rings (SSSR count). The summed E-state index contributed by atoms with van der Waals surface area (Å²) in [7, 11) is 1.64. The summed E-state index contributed by atoms with van der Waals surface area (Å²) in [6.07, 6.45) is 3.12. The summed E-state index contributed by atoms with van der Waals surface area (Å²) in [6, 6.07) is 13.2. The third-order valence-electron chi connectivity index (χ3n) is 5.27. The first kappa shape index (κ1) is 18.2. The number of anilines is 1. The second-order valence-corrected chi connectivity index (χ2v) is 7.00. The molecule has 4 heterocycles. The Labute approximate surface area is 172 Å². The van der Waals surface area contributed by atoms with E-state index < -0.39 is 0 Å². The predicted molar refractivity (Wildman–Crippen MR) is 110 cm³/mol. The summed E-state index contributed by atoms with van der Waals surface area (Å²) in [6.45, 7) is 2.56. The van der Waals surface area contributed by atoms with Crippen LogP contribution in [0.1, 0.15) is 10.6 Å². The minimum Gasteiger partial charge on any atom is -0.497 e. The van der Waals surface area contributed by atoms with Crippen LogP contribution in [0, 0.1) is 0 Å². The van der Waals surface area contributed by atoms with Gasteiger partial charge in [-0.05, 0) is 42.5 Å². The molecule has 9 heteroatoms. The van der Waals surface area contributed by atoms with Crippen LogP contribution in [-0.2, 0) is 0 Å². The number of carbonyl (C=O) groups excluding carboxylic acids is 1. The molecule has 152 valence electrons. The lowest BCUT2D eigenvalue weighted by atomic mass is 10.1. The maximum Gasteiger partial charge on any atom is 0.289 e. The molecule has 0 atom stereocenters. The van der Waals surface area contributed by atoms with Crippen molar-refractivity contribution >= 4 is 17.2 Å². The number of ether oxygens (including phenoxy) is 1. The van der Waals surface area contributed by atoms with Crippen molar-refractivity contribution in [3.05, 3.63) is 60.8 Å². The van der Waals surface area contributed by atoms with E-state index in [4.69, 9.17) is 9.15 Å². The fraction of sp³-hybridized carbons (Fsp3) is 0.238. The number of fused-ring (bicyclic) bond motifs is 1. The molecule has 0 N–H and O–H groups in total. The highest BCUT2D eigenvalue weighted by Gasteiger charge is 2.25. The lowest BCUT2D eigenvalue weighted by molar-refractivity contribution is 0.0715. The molecule has 1 aliphatic rings. The van der Waals surface area contributed by atoms with Gasteiger partial charge >= 0.3 is 0 Å². The second kappa shape index (κ2) is 7.51. The maximum absolute atomic E-state index is 12.5. The molecule has 1 amide bonds. The smallest absolute Gasteiger partial charge is 0.289 e. The van der Waals surface area contributed by atoms with E-state index in [-0.39, 0.29) is 5.91 Å². The first-order valence-corrected chi connectivity index (χ1v) is 9.66. The van der Waals surface area contributed by atoms with E-state index in [9.17, 15) is 4.79 Å². The van der Waals surface area contributed by atoms with Crippen molar-refractivity contribution in [2.75, 3.05) is 38.2 Å².